The van der Waals surface area contributed by atoms with E-state index < -0.39 is 0 Å². The molecule has 0 amide bonds. The predicted molar refractivity (Wildman–Crippen MR) is 94.5 cm³/mol. The molecule has 0 aromatic rings. The first-order chi connectivity index (χ1) is 10.3. The van der Waals surface area contributed by atoms with Crippen molar-refractivity contribution in [1.29, 1.82) is 0 Å². The summed E-state index contributed by atoms with van der Waals surface area (Å²) in [6.07, 6.45) is 17.3. The lowest BCUT2D eigenvalue weighted by atomic mass is 10.2. The first-order valence-electron chi connectivity index (χ1n) is 8.54. The van der Waals surface area contributed by atoms with E-state index in [1.54, 1.807) is 13.2 Å². The maximum absolute atomic E-state index is 5.16. The summed E-state index contributed by atoms with van der Waals surface area (Å²) in [7, 11) is 1.67. The van der Waals surface area contributed by atoms with Gasteiger partial charge in [0.1, 0.15) is 5.76 Å². The number of allylic oxidation sites excluding steroid dienone is 3. The average molecular weight is 293 g/mol. The summed E-state index contributed by atoms with van der Waals surface area (Å²) in [6.45, 7) is 11.7. The first kappa shape index (κ1) is 20.0. The lowest BCUT2D eigenvalue weighted by Gasteiger charge is -2.20. The van der Waals surface area contributed by atoms with Crippen molar-refractivity contribution in [3.63, 3.8) is 0 Å². The summed E-state index contributed by atoms with van der Waals surface area (Å²) in [6, 6.07) is 0. The quantitative estimate of drug-likeness (QED) is 0.244. The van der Waals surface area contributed by atoms with E-state index in [2.05, 4.69) is 37.5 Å². The zero-order valence-corrected chi connectivity index (χ0v) is 14.4. The SMILES string of the molecule is C=C/C(=C\C=C\CN(CCCCC)CCCCCC)OC. The number of rotatable bonds is 14. The van der Waals surface area contributed by atoms with Crippen molar-refractivity contribution in [1.82, 2.24) is 4.90 Å². The van der Waals surface area contributed by atoms with Crippen LogP contribution >= 0.6 is 0 Å². The van der Waals surface area contributed by atoms with Gasteiger partial charge in [-0.05, 0) is 38.1 Å². The van der Waals surface area contributed by atoms with E-state index in [4.69, 9.17) is 4.74 Å². The van der Waals surface area contributed by atoms with Gasteiger partial charge in [-0.3, -0.25) is 4.90 Å². The summed E-state index contributed by atoms with van der Waals surface area (Å²) in [5.41, 5.74) is 0. The minimum absolute atomic E-state index is 0.812. The number of ether oxygens (including phenoxy) is 1. The monoisotopic (exact) mass is 293 g/mol. The number of nitrogens with zero attached hydrogens (tertiary/aromatic N) is 1. The molecule has 0 bridgehead atoms. The Morgan fingerprint density at radius 3 is 2.19 bits per heavy atom. The fraction of sp³-hybridized carbons (Fsp3) is 0.684. The normalized spacial score (nSPS) is 12.3. The molecule has 0 fully saturated rings. The maximum Gasteiger partial charge on any atom is 0.118 e. The van der Waals surface area contributed by atoms with Crippen LogP contribution in [0.4, 0.5) is 0 Å². The molecule has 0 unspecified atom stereocenters. The Labute approximate surface area is 132 Å². The highest BCUT2D eigenvalue weighted by atomic mass is 16.5. The summed E-state index contributed by atoms with van der Waals surface area (Å²) in [5.74, 6) is 0.812. The zero-order chi connectivity index (χ0) is 15.8. The smallest absolute Gasteiger partial charge is 0.118 e. The Hall–Kier alpha value is -1.02. The number of methoxy groups -OCH3 is 1. The summed E-state index contributed by atoms with van der Waals surface area (Å²) in [4.78, 5) is 2.57. The van der Waals surface area contributed by atoms with Gasteiger partial charge in [0.05, 0.1) is 7.11 Å². The molecule has 0 saturated heterocycles. The Balaban J connectivity index is 4.14. The van der Waals surface area contributed by atoms with E-state index in [0.29, 0.717) is 0 Å². The van der Waals surface area contributed by atoms with Gasteiger partial charge in [-0.2, -0.15) is 0 Å². The van der Waals surface area contributed by atoms with Gasteiger partial charge in [0, 0.05) is 6.54 Å². The molecule has 0 spiro atoms. The van der Waals surface area contributed by atoms with Gasteiger partial charge < -0.3 is 4.74 Å². The highest BCUT2D eigenvalue weighted by Gasteiger charge is 2.02. The van der Waals surface area contributed by atoms with Crippen LogP contribution < -0.4 is 0 Å². The third-order valence-corrected chi connectivity index (χ3v) is 3.60. The van der Waals surface area contributed by atoms with Crippen LogP contribution in [-0.2, 0) is 4.74 Å². The molecule has 0 saturated carbocycles. The largest absolute Gasteiger partial charge is 0.497 e. The van der Waals surface area contributed by atoms with Crippen molar-refractivity contribution in [2.45, 2.75) is 58.8 Å². The number of hydrogen-bond donors (Lipinski definition) is 0. The van der Waals surface area contributed by atoms with Crippen LogP contribution in [0.25, 0.3) is 0 Å². The predicted octanol–water partition coefficient (Wildman–Crippen LogP) is 5.33. The molecule has 0 rings (SSSR count). The van der Waals surface area contributed by atoms with Gasteiger partial charge in [0.2, 0.25) is 0 Å². The van der Waals surface area contributed by atoms with Crippen molar-refractivity contribution >= 4 is 0 Å². The van der Waals surface area contributed by atoms with Crippen LogP contribution in [0.5, 0.6) is 0 Å². The van der Waals surface area contributed by atoms with Gasteiger partial charge in [-0.25, -0.2) is 0 Å². The molecule has 21 heavy (non-hydrogen) atoms. The van der Waals surface area contributed by atoms with E-state index in [0.717, 1.165) is 12.3 Å². The minimum Gasteiger partial charge on any atom is -0.497 e. The molecule has 0 aliphatic carbocycles. The fourth-order valence-electron chi connectivity index (χ4n) is 2.23. The Bertz CT molecular complexity index is 294. The molecule has 0 aliphatic rings. The molecule has 0 aromatic heterocycles. The van der Waals surface area contributed by atoms with E-state index in [1.807, 2.05) is 6.08 Å². The van der Waals surface area contributed by atoms with Gasteiger partial charge in [-0.15, -0.1) is 0 Å². The lowest BCUT2D eigenvalue weighted by molar-refractivity contribution is 0.287. The van der Waals surface area contributed by atoms with Gasteiger partial charge in [0.25, 0.3) is 0 Å². The fourth-order valence-corrected chi connectivity index (χ4v) is 2.23. The van der Waals surface area contributed by atoms with Crippen molar-refractivity contribution in [3.8, 4) is 0 Å². The second kappa shape index (κ2) is 15.4. The van der Waals surface area contributed by atoms with Crippen LogP contribution in [0.15, 0.2) is 36.6 Å². The van der Waals surface area contributed by atoms with Gasteiger partial charge >= 0.3 is 0 Å². The summed E-state index contributed by atoms with van der Waals surface area (Å²) >= 11 is 0. The van der Waals surface area contributed by atoms with Crippen molar-refractivity contribution in [2.75, 3.05) is 26.7 Å². The molecule has 0 radical (unpaired) electrons. The average Bonchev–Trinajstić information content (AvgIpc) is 2.51. The number of unbranched alkanes of at least 4 members (excludes halogenated alkanes) is 5. The van der Waals surface area contributed by atoms with E-state index in [-0.39, 0.29) is 0 Å². The molecule has 0 N–H and O–H groups in total. The summed E-state index contributed by atoms with van der Waals surface area (Å²) < 4.78 is 5.16. The molecule has 0 aromatic carbocycles. The third kappa shape index (κ3) is 12.4. The van der Waals surface area contributed by atoms with Crippen LogP contribution in [-0.4, -0.2) is 31.6 Å². The lowest BCUT2D eigenvalue weighted by Crippen LogP contribution is -2.26. The molecular weight excluding hydrogens is 258 g/mol. The topological polar surface area (TPSA) is 12.5 Å². The Morgan fingerprint density at radius 1 is 1.00 bits per heavy atom. The van der Waals surface area contributed by atoms with Gasteiger partial charge in [0.15, 0.2) is 0 Å². The van der Waals surface area contributed by atoms with E-state index in [1.165, 1.54) is 58.0 Å². The van der Waals surface area contributed by atoms with Crippen molar-refractivity contribution in [2.24, 2.45) is 0 Å². The highest BCUT2D eigenvalue weighted by molar-refractivity contribution is 5.16. The standard InChI is InChI=1S/C19H35NO/c1-5-8-10-13-17-20(16-12-9-6-2)18-14-11-15-19(7-3)21-4/h7,11,14-15H,3,5-6,8-10,12-13,16-18H2,1-2,4H3/b14-11+,19-15+. The molecule has 2 nitrogen and oxygen atoms in total. The van der Waals surface area contributed by atoms with E-state index in [9.17, 15) is 0 Å². The van der Waals surface area contributed by atoms with Crippen LogP contribution in [0.1, 0.15) is 58.8 Å². The molecular formula is C19H35NO. The number of hydrogen-bond acceptors (Lipinski definition) is 2. The molecule has 0 atom stereocenters. The molecule has 0 heterocycles. The van der Waals surface area contributed by atoms with Gasteiger partial charge in [-0.1, -0.05) is 64.7 Å². The Kier molecular flexibility index (Phi) is 14.6. The second-order valence-corrected chi connectivity index (χ2v) is 5.47. The minimum atomic E-state index is 0.812. The van der Waals surface area contributed by atoms with Crippen molar-refractivity contribution in [3.05, 3.63) is 36.6 Å². The van der Waals surface area contributed by atoms with Crippen LogP contribution in [0.3, 0.4) is 0 Å². The third-order valence-electron chi connectivity index (χ3n) is 3.60. The second-order valence-electron chi connectivity index (χ2n) is 5.47. The first-order valence-corrected chi connectivity index (χ1v) is 8.54. The van der Waals surface area contributed by atoms with E-state index >= 15 is 0 Å². The maximum atomic E-state index is 5.16. The Morgan fingerprint density at radius 2 is 1.62 bits per heavy atom. The van der Waals surface area contributed by atoms with Crippen LogP contribution in [0.2, 0.25) is 0 Å². The highest BCUT2D eigenvalue weighted by Crippen LogP contribution is 2.04. The molecule has 0 aliphatic heterocycles. The molecule has 2 heteroatoms. The van der Waals surface area contributed by atoms with Crippen LogP contribution in [0, 0.1) is 0 Å². The summed E-state index contributed by atoms with van der Waals surface area (Å²) in [5, 5.41) is 0. The van der Waals surface area contributed by atoms with Crippen molar-refractivity contribution < 1.29 is 4.74 Å². The zero-order valence-electron chi connectivity index (χ0n) is 14.4. The molecule has 122 valence electrons.